The van der Waals surface area contributed by atoms with Crippen LogP contribution in [0.2, 0.25) is 5.02 Å². The molecule has 0 saturated carbocycles. The van der Waals surface area contributed by atoms with E-state index in [0.717, 1.165) is 28.0 Å². The third kappa shape index (κ3) is 5.79. The van der Waals surface area contributed by atoms with Crippen LogP contribution < -0.4 is 10.1 Å². The van der Waals surface area contributed by atoms with Gasteiger partial charge in [-0.3, -0.25) is 9.48 Å². The molecule has 0 atom stereocenters. The molecule has 0 aliphatic heterocycles. The van der Waals surface area contributed by atoms with Crippen LogP contribution in [0.5, 0.6) is 5.75 Å². The van der Waals surface area contributed by atoms with Gasteiger partial charge < -0.3 is 10.1 Å². The minimum atomic E-state index is -0.390. The van der Waals surface area contributed by atoms with Gasteiger partial charge in [-0.1, -0.05) is 41.9 Å². The van der Waals surface area contributed by atoms with Gasteiger partial charge in [-0.05, 0) is 66.4 Å². The summed E-state index contributed by atoms with van der Waals surface area (Å²) in [5, 5.41) is 7.43. The maximum atomic E-state index is 13.2. The third-order valence-corrected chi connectivity index (χ3v) is 5.52. The number of hydrogen-bond donors (Lipinski definition) is 1. The highest BCUT2D eigenvalue weighted by Gasteiger charge is 2.10. The molecule has 0 aliphatic carbocycles. The molecule has 0 bridgehead atoms. The highest BCUT2D eigenvalue weighted by Crippen LogP contribution is 2.21. The number of benzene rings is 3. The van der Waals surface area contributed by atoms with E-state index in [2.05, 4.69) is 10.4 Å². The molecule has 3 aromatic carbocycles. The van der Waals surface area contributed by atoms with E-state index in [1.165, 1.54) is 12.1 Å². The fraction of sp³-hybridized carbons (Fsp3) is 0.154. The van der Waals surface area contributed by atoms with Gasteiger partial charge in [0.2, 0.25) is 0 Å². The van der Waals surface area contributed by atoms with E-state index >= 15 is 0 Å². The summed E-state index contributed by atoms with van der Waals surface area (Å²) in [4.78, 5) is 12.7. The van der Waals surface area contributed by atoms with Gasteiger partial charge in [-0.2, -0.15) is 5.10 Å². The number of hydrogen-bond acceptors (Lipinski definition) is 3. The number of ether oxygens (including phenoxy) is 1. The Balaban J connectivity index is 1.39. The lowest BCUT2D eigenvalue weighted by Gasteiger charge is -2.11. The molecule has 7 heteroatoms. The summed E-state index contributed by atoms with van der Waals surface area (Å²) in [7, 11) is 0. The first-order valence-corrected chi connectivity index (χ1v) is 10.8. The van der Waals surface area contributed by atoms with Crippen molar-refractivity contribution < 1.29 is 13.9 Å². The zero-order valence-electron chi connectivity index (χ0n) is 18.3. The van der Waals surface area contributed by atoms with Crippen LogP contribution in [0.3, 0.4) is 0 Å². The molecule has 1 N–H and O–H groups in total. The zero-order chi connectivity index (χ0) is 23.4. The van der Waals surface area contributed by atoms with Crippen LogP contribution in [0, 0.1) is 19.7 Å². The van der Waals surface area contributed by atoms with E-state index in [1.807, 2.05) is 50.2 Å². The first-order chi connectivity index (χ1) is 15.9. The number of aromatic nitrogens is 2. The predicted octanol–water partition coefficient (Wildman–Crippen LogP) is 6.17. The molecule has 1 amide bonds. The Morgan fingerprint density at radius 2 is 1.97 bits per heavy atom. The summed E-state index contributed by atoms with van der Waals surface area (Å²) >= 11 is 6.09. The molecule has 0 saturated heterocycles. The average Bonchev–Trinajstić information content (AvgIpc) is 3.23. The Morgan fingerprint density at radius 3 is 2.79 bits per heavy atom. The number of aryl methyl sites for hydroxylation is 2. The molecule has 0 aliphatic rings. The summed E-state index contributed by atoms with van der Waals surface area (Å²) in [5.74, 6) is 0.195. The van der Waals surface area contributed by atoms with Crippen molar-refractivity contribution in [2.45, 2.75) is 27.0 Å². The van der Waals surface area contributed by atoms with Crippen molar-refractivity contribution in [3.8, 4) is 5.75 Å². The van der Waals surface area contributed by atoms with Crippen molar-refractivity contribution >= 4 is 23.2 Å². The fourth-order valence-electron chi connectivity index (χ4n) is 3.37. The van der Waals surface area contributed by atoms with Crippen molar-refractivity contribution in [1.29, 1.82) is 0 Å². The maximum Gasteiger partial charge on any atom is 0.255 e. The van der Waals surface area contributed by atoms with Crippen molar-refractivity contribution in [2.24, 2.45) is 0 Å². The lowest BCUT2D eigenvalue weighted by molar-refractivity contribution is 0.102. The lowest BCUT2D eigenvalue weighted by atomic mass is 10.1. The number of carbonyl (C=O) groups is 1. The van der Waals surface area contributed by atoms with Crippen LogP contribution in [-0.2, 0) is 13.2 Å². The molecule has 0 unspecified atom stereocenters. The highest BCUT2D eigenvalue weighted by atomic mass is 35.5. The zero-order valence-corrected chi connectivity index (χ0v) is 19.1. The molecule has 0 fully saturated rings. The van der Waals surface area contributed by atoms with E-state index in [9.17, 15) is 9.18 Å². The van der Waals surface area contributed by atoms with E-state index in [0.29, 0.717) is 29.4 Å². The molecule has 1 heterocycles. The van der Waals surface area contributed by atoms with Gasteiger partial charge in [0.25, 0.3) is 5.91 Å². The first kappa shape index (κ1) is 22.6. The van der Waals surface area contributed by atoms with E-state index < -0.39 is 0 Å². The van der Waals surface area contributed by atoms with Crippen molar-refractivity contribution in [3.63, 3.8) is 0 Å². The van der Waals surface area contributed by atoms with Gasteiger partial charge >= 0.3 is 0 Å². The SMILES string of the molecule is Cc1ccc(C)c(OCc2cccc(C(=O)Nc3cnn(Cc4ccc(F)cc4Cl)c3)c2)c1. The molecule has 168 valence electrons. The largest absolute Gasteiger partial charge is 0.489 e. The van der Waals surface area contributed by atoms with E-state index in [4.69, 9.17) is 16.3 Å². The summed E-state index contributed by atoms with van der Waals surface area (Å²) in [5.41, 5.74) is 4.89. The standard InChI is InChI=1S/C26H23ClFN3O2/c1-17-6-7-18(2)25(10-17)33-16-19-4-3-5-20(11-19)26(32)30-23-13-29-31(15-23)14-21-8-9-22(28)12-24(21)27/h3-13,15H,14,16H2,1-2H3,(H,30,32). The Bertz CT molecular complexity index is 1300. The number of halogens is 2. The normalized spacial score (nSPS) is 10.8. The second-order valence-electron chi connectivity index (χ2n) is 7.87. The number of anilines is 1. The van der Waals surface area contributed by atoms with Gasteiger partial charge in [0.15, 0.2) is 0 Å². The second-order valence-corrected chi connectivity index (χ2v) is 8.28. The number of amides is 1. The third-order valence-electron chi connectivity index (χ3n) is 5.17. The first-order valence-electron chi connectivity index (χ1n) is 10.4. The van der Waals surface area contributed by atoms with Crippen LogP contribution in [0.15, 0.2) is 73.1 Å². The lowest BCUT2D eigenvalue weighted by Crippen LogP contribution is -2.12. The topological polar surface area (TPSA) is 56.1 Å². The molecular formula is C26H23ClFN3O2. The van der Waals surface area contributed by atoms with Crippen LogP contribution in [0.4, 0.5) is 10.1 Å². The molecule has 0 spiro atoms. The van der Waals surface area contributed by atoms with Crippen LogP contribution in [0.1, 0.15) is 32.6 Å². The van der Waals surface area contributed by atoms with Gasteiger partial charge in [-0.15, -0.1) is 0 Å². The number of nitrogens with zero attached hydrogens (tertiary/aromatic N) is 2. The maximum absolute atomic E-state index is 13.2. The Morgan fingerprint density at radius 1 is 1.12 bits per heavy atom. The van der Waals surface area contributed by atoms with Crippen molar-refractivity contribution in [2.75, 3.05) is 5.32 Å². The molecular weight excluding hydrogens is 441 g/mol. The molecule has 5 nitrogen and oxygen atoms in total. The molecule has 33 heavy (non-hydrogen) atoms. The minimum absolute atomic E-state index is 0.247. The monoisotopic (exact) mass is 463 g/mol. The fourth-order valence-corrected chi connectivity index (χ4v) is 3.60. The van der Waals surface area contributed by atoms with Crippen LogP contribution in [-0.4, -0.2) is 15.7 Å². The highest BCUT2D eigenvalue weighted by molar-refractivity contribution is 6.31. The molecule has 0 radical (unpaired) electrons. The van der Waals surface area contributed by atoms with Crippen molar-refractivity contribution in [1.82, 2.24) is 9.78 Å². The quantitative estimate of drug-likeness (QED) is 0.356. The second kappa shape index (κ2) is 9.88. The summed E-state index contributed by atoms with van der Waals surface area (Å²) in [6, 6.07) is 17.6. The summed E-state index contributed by atoms with van der Waals surface area (Å²) in [6.07, 6.45) is 3.26. The number of nitrogens with one attached hydrogen (secondary N) is 1. The smallest absolute Gasteiger partial charge is 0.255 e. The number of rotatable bonds is 7. The molecule has 4 aromatic rings. The summed E-state index contributed by atoms with van der Waals surface area (Å²) < 4.78 is 20.8. The Hall–Kier alpha value is -3.64. The molecule has 1 aromatic heterocycles. The molecule has 4 rings (SSSR count). The predicted molar refractivity (Wildman–Crippen MR) is 127 cm³/mol. The van der Waals surface area contributed by atoms with Crippen molar-refractivity contribution in [3.05, 3.63) is 112 Å². The van der Waals surface area contributed by atoms with Gasteiger partial charge in [-0.25, -0.2) is 4.39 Å². The minimum Gasteiger partial charge on any atom is -0.489 e. The van der Waals surface area contributed by atoms with Gasteiger partial charge in [0.05, 0.1) is 18.4 Å². The summed E-state index contributed by atoms with van der Waals surface area (Å²) in [6.45, 7) is 4.75. The number of carbonyl (C=O) groups excluding carboxylic acids is 1. The average molecular weight is 464 g/mol. The van der Waals surface area contributed by atoms with Gasteiger partial charge in [0.1, 0.15) is 18.2 Å². The Kier molecular flexibility index (Phi) is 6.75. The van der Waals surface area contributed by atoms with Gasteiger partial charge in [0, 0.05) is 16.8 Å². The Labute approximate surface area is 196 Å². The van der Waals surface area contributed by atoms with E-state index in [1.54, 1.807) is 29.2 Å². The van der Waals surface area contributed by atoms with E-state index in [-0.39, 0.29) is 11.7 Å². The van der Waals surface area contributed by atoms with Crippen LogP contribution >= 0.6 is 11.6 Å². The van der Waals surface area contributed by atoms with Crippen LogP contribution in [0.25, 0.3) is 0 Å².